The average Bonchev–Trinajstić information content (AvgIpc) is 3.25. The second-order valence-electron chi connectivity index (χ2n) is 8.22. The Labute approximate surface area is 196 Å². The van der Waals surface area contributed by atoms with Crippen molar-refractivity contribution in [3.05, 3.63) is 78.1 Å². The number of carboxylic acid groups (broad SMARTS) is 1. The standard InChI is InChI=1S/C27H24FN3O3/c1-2-34-22-6-4-3-5-18(22)15-7-9-16(10-8-15)24-23-20(14-29)26(27(32)33)31-25(23)19-13-17(28)11-12-21(19)30-24/h3-13,20,26,31H,2,14,29H2,1H3,(H,32,33). The zero-order valence-electron chi connectivity index (χ0n) is 18.6. The van der Waals surface area contributed by atoms with Crippen LogP contribution in [-0.2, 0) is 4.79 Å². The van der Waals surface area contributed by atoms with E-state index in [1.54, 1.807) is 6.07 Å². The number of hydrogen-bond acceptors (Lipinski definition) is 5. The quantitative estimate of drug-likeness (QED) is 0.376. The van der Waals surface area contributed by atoms with Crippen LogP contribution in [0.25, 0.3) is 33.3 Å². The summed E-state index contributed by atoms with van der Waals surface area (Å²) in [5.41, 5.74) is 11.3. The molecule has 172 valence electrons. The second-order valence-corrected chi connectivity index (χ2v) is 8.22. The van der Waals surface area contributed by atoms with Gasteiger partial charge in [-0.2, -0.15) is 0 Å². The fourth-order valence-electron chi connectivity index (χ4n) is 4.69. The molecule has 2 atom stereocenters. The Balaban J connectivity index is 1.66. The largest absolute Gasteiger partial charge is 0.493 e. The molecule has 2 heterocycles. The molecule has 4 aromatic rings. The summed E-state index contributed by atoms with van der Waals surface area (Å²) in [4.78, 5) is 16.8. The predicted molar refractivity (Wildman–Crippen MR) is 131 cm³/mol. The summed E-state index contributed by atoms with van der Waals surface area (Å²) in [6.07, 6.45) is 0. The highest BCUT2D eigenvalue weighted by atomic mass is 19.1. The van der Waals surface area contributed by atoms with Gasteiger partial charge in [0.15, 0.2) is 0 Å². The van der Waals surface area contributed by atoms with Gasteiger partial charge in [0.05, 0.1) is 23.5 Å². The molecule has 1 aliphatic rings. The number of nitrogens with zero attached hydrogens (tertiary/aromatic N) is 1. The van der Waals surface area contributed by atoms with Crippen LogP contribution in [0.1, 0.15) is 18.4 Å². The molecule has 34 heavy (non-hydrogen) atoms. The first kappa shape index (κ1) is 21.9. The Bertz CT molecular complexity index is 1390. The molecule has 5 rings (SSSR count). The van der Waals surface area contributed by atoms with E-state index in [-0.39, 0.29) is 6.54 Å². The first-order chi connectivity index (χ1) is 16.5. The predicted octanol–water partition coefficient (Wildman–Crippen LogP) is 5.03. The van der Waals surface area contributed by atoms with E-state index in [9.17, 15) is 14.3 Å². The summed E-state index contributed by atoms with van der Waals surface area (Å²) in [7, 11) is 0. The number of ether oxygens (including phenoxy) is 1. The van der Waals surface area contributed by atoms with Gasteiger partial charge in [-0.1, -0.05) is 42.5 Å². The molecule has 6 nitrogen and oxygen atoms in total. The van der Waals surface area contributed by atoms with Crippen molar-refractivity contribution < 1.29 is 19.0 Å². The fraction of sp³-hybridized carbons (Fsp3) is 0.185. The van der Waals surface area contributed by atoms with E-state index >= 15 is 0 Å². The van der Waals surface area contributed by atoms with Gasteiger partial charge in [-0.25, -0.2) is 14.2 Å². The maximum Gasteiger partial charge on any atom is 0.326 e. The lowest BCUT2D eigenvalue weighted by molar-refractivity contribution is -0.138. The van der Waals surface area contributed by atoms with Crippen molar-refractivity contribution in [2.45, 2.75) is 18.9 Å². The summed E-state index contributed by atoms with van der Waals surface area (Å²) >= 11 is 0. The molecule has 0 spiro atoms. The number of benzene rings is 3. The van der Waals surface area contributed by atoms with Crippen molar-refractivity contribution >= 4 is 22.6 Å². The molecule has 0 amide bonds. The number of halogens is 1. The van der Waals surface area contributed by atoms with Crippen LogP contribution in [0.15, 0.2) is 66.7 Å². The van der Waals surface area contributed by atoms with E-state index in [1.165, 1.54) is 12.1 Å². The number of carbonyl (C=O) groups is 1. The average molecular weight is 458 g/mol. The number of aromatic nitrogens is 1. The van der Waals surface area contributed by atoms with E-state index in [2.05, 4.69) is 5.32 Å². The molecule has 1 aliphatic heterocycles. The number of rotatable bonds is 6. The summed E-state index contributed by atoms with van der Waals surface area (Å²) in [6, 6.07) is 19.2. The molecule has 0 aliphatic carbocycles. The number of nitrogens with two attached hydrogens (primary N) is 1. The molecule has 0 radical (unpaired) electrons. The van der Waals surface area contributed by atoms with Crippen molar-refractivity contribution in [1.29, 1.82) is 0 Å². The number of hydrogen-bond donors (Lipinski definition) is 3. The van der Waals surface area contributed by atoms with Crippen molar-refractivity contribution in [1.82, 2.24) is 4.98 Å². The number of pyridine rings is 1. The lowest BCUT2D eigenvalue weighted by atomic mass is 9.90. The monoisotopic (exact) mass is 457 g/mol. The third-order valence-corrected chi connectivity index (χ3v) is 6.23. The molecule has 7 heteroatoms. The maximum atomic E-state index is 14.0. The zero-order valence-corrected chi connectivity index (χ0v) is 18.6. The number of carboxylic acids is 1. The van der Waals surface area contributed by atoms with E-state index in [0.717, 1.165) is 22.4 Å². The molecule has 0 saturated heterocycles. The van der Waals surface area contributed by atoms with Gasteiger partial charge >= 0.3 is 5.97 Å². The SMILES string of the molecule is CCOc1ccccc1-c1ccc(-c2nc3ccc(F)cc3c3c2C(CN)C(C(=O)O)N3)cc1. The van der Waals surface area contributed by atoms with Crippen molar-refractivity contribution in [3.8, 4) is 28.1 Å². The fourth-order valence-corrected chi connectivity index (χ4v) is 4.69. The first-order valence-electron chi connectivity index (χ1n) is 11.2. The Hall–Kier alpha value is -3.97. The number of anilines is 1. The van der Waals surface area contributed by atoms with Gasteiger partial charge in [0.2, 0.25) is 0 Å². The van der Waals surface area contributed by atoms with Gasteiger partial charge in [0.25, 0.3) is 0 Å². The highest BCUT2D eigenvalue weighted by Crippen LogP contribution is 2.45. The maximum absolute atomic E-state index is 14.0. The van der Waals surface area contributed by atoms with E-state index in [1.807, 2.05) is 55.5 Å². The second kappa shape index (κ2) is 8.76. The highest BCUT2D eigenvalue weighted by molar-refractivity contribution is 6.01. The van der Waals surface area contributed by atoms with Gasteiger partial charge in [0.1, 0.15) is 17.6 Å². The van der Waals surface area contributed by atoms with Crippen molar-refractivity contribution in [2.24, 2.45) is 5.73 Å². The number of para-hydroxylation sites is 1. The van der Waals surface area contributed by atoms with Gasteiger partial charge in [-0.15, -0.1) is 0 Å². The molecule has 0 bridgehead atoms. The van der Waals surface area contributed by atoms with E-state index < -0.39 is 23.7 Å². The number of fused-ring (bicyclic) bond motifs is 3. The zero-order chi connectivity index (χ0) is 23.8. The van der Waals surface area contributed by atoms with Gasteiger partial charge in [-0.05, 0) is 36.8 Å². The smallest absolute Gasteiger partial charge is 0.326 e. The minimum absolute atomic E-state index is 0.117. The summed E-state index contributed by atoms with van der Waals surface area (Å²) < 4.78 is 19.8. The molecule has 3 aromatic carbocycles. The lowest BCUT2D eigenvalue weighted by Crippen LogP contribution is -2.34. The van der Waals surface area contributed by atoms with Crippen molar-refractivity contribution in [3.63, 3.8) is 0 Å². The molecule has 0 fully saturated rings. The van der Waals surface area contributed by atoms with Crippen LogP contribution in [0.2, 0.25) is 0 Å². The molecule has 1 aromatic heterocycles. The summed E-state index contributed by atoms with van der Waals surface area (Å²) in [5.74, 6) is -1.11. The molecule has 0 saturated carbocycles. The van der Waals surface area contributed by atoms with Crippen LogP contribution < -0.4 is 15.8 Å². The highest BCUT2D eigenvalue weighted by Gasteiger charge is 2.39. The number of aliphatic carboxylic acids is 1. The third kappa shape index (κ3) is 3.64. The van der Waals surface area contributed by atoms with Crippen LogP contribution in [0.5, 0.6) is 5.75 Å². The molecular formula is C27H24FN3O3. The minimum atomic E-state index is -1.01. The number of nitrogens with one attached hydrogen (secondary N) is 1. The lowest BCUT2D eigenvalue weighted by Gasteiger charge is -2.17. The first-order valence-corrected chi connectivity index (χ1v) is 11.2. The molecule has 2 unspecified atom stereocenters. The van der Waals surface area contributed by atoms with Gasteiger partial charge in [0, 0.05) is 34.5 Å². The van der Waals surface area contributed by atoms with Crippen molar-refractivity contribution in [2.75, 3.05) is 18.5 Å². The Morgan fingerprint density at radius 1 is 1.12 bits per heavy atom. The topological polar surface area (TPSA) is 97.5 Å². The van der Waals surface area contributed by atoms with E-state index in [4.69, 9.17) is 15.5 Å². The summed E-state index contributed by atoms with van der Waals surface area (Å²) in [6.45, 7) is 2.64. The van der Waals surface area contributed by atoms with Crippen LogP contribution in [0, 0.1) is 5.82 Å². The summed E-state index contributed by atoms with van der Waals surface area (Å²) in [5, 5.41) is 13.4. The van der Waals surface area contributed by atoms with Gasteiger partial charge in [-0.3, -0.25) is 0 Å². The Kier molecular flexibility index (Phi) is 5.63. The van der Waals surface area contributed by atoms with E-state index in [0.29, 0.717) is 34.5 Å². The molecular weight excluding hydrogens is 433 g/mol. The van der Waals surface area contributed by atoms with Crippen LogP contribution in [-0.4, -0.2) is 35.3 Å². The molecule has 4 N–H and O–H groups in total. The minimum Gasteiger partial charge on any atom is -0.493 e. The Morgan fingerprint density at radius 3 is 2.56 bits per heavy atom. The normalized spacial score (nSPS) is 16.8. The Morgan fingerprint density at radius 2 is 1.85 bits per heavy atom. The van der Waals surface area contributed by atoms with Crippen LogP contribution in [0.3, 0.4) is 0 Å². The van der Waals surface area contributed by atoms with Crippen LogP contribution >= 0.6 is 0 Å². The third-order valence-electron chi connectivity index (χ3n) is 6.23. The van der Waals surface area contributed by atoms with Crippen LogP contribution in [0.4, 0.5) is 10.1 Å². The van der Waals surface area contributed by atoms with Gasteiger partial charge < -0.3 is 20.9 Å².